The van der Waals surface area contributed by atoms with E-state index >= 15 is 0 Å². The van der Waals surface area contributed by atoms with E-state index in [1.807, 2.05) is 0 Å². The van der Waals surface area contributed by atoms with Crippen LogP contribution in [-0.2, 0) is 17.3 Å². The molecule has 1 atom stereocenters. The second kappa shape index (κ2) is 5.51. The number of pyridine rings is 1. The van der Waals surface area contributed by atoms with Gasteiger partial charge >= 0.3 is 6.18 Å². The predicted molar refractivity (Wildman–Crippen MR) is 81.7 cm³/mol. The van der Waals surface area contributed by atoms with Crippen LogP contribution in [0.25, 0.3) is 17.0 Å². The van der Waals surface area contributed by atoms with Crippen LogP contribution in [0.2, 0.25) is 0 Å². The molecule has 4 aromatic rings. The summed E-state index contributed by atoms with van der Waals surface area (Å²) in [5.41, 5.74) is -2.21. The molecule has 4 heterocycles. The number of fused-ring (bicyclic) bond motifs is 2. The molecule has 0 radical (unpaired) electrons. The lowest BCUT2D eigenvalue weighted by atomic mass is 10.4. The van der Waals surface area contributed by atoms with Gasteiger partial charge in [0.1, 0.15) is 16.2 Å². The fraction of sp³-hybridized carbons (Fsp3) is 0.0714. The first-order chi connectivity index (χ1) is 12.3. The highest BCUT2D eigenvalue weighted by Gasteiger charge is 2.34. The van der Waals surface area contributed by atoms with E-state index in [1.165, 1.54) is 16.7 Å². The topological polar surface area (TPSA) is 96.7 Å². The standard InChI is InChI=1S/C14H8F3N5O3S/c15-14(16,17)9-7-8-12(23)21(5-6-22(8)19-9)11-13(26(24)25)20-4-2-1-3-10(20)18-11/h1-7H,(H,24,25)/p-1. The first kappa shape index (κ1) is 16.5. The third-order valence-electron chi connectivity index (χ3n) is 3.68. The Morgan fingerprint density at radius 3 is 2.62 bits per heavy atom. The molecule has 4 aromatic heterocycles. The van der Waals surface area contributed by atoms with E-state index in [1.54, 1.807) is 12.1 Å². The molecule has 1 unspecified atom stereocenters. The van der Waals surface area contributed by atoms with Crippen molar-refractivity contribution in [1.82, 2.24) is 23.6 Å². The van der Waals surface area contributed by atoms with Gasteiger partial charge in [-0.25, -0.2) is 9.50 Å². The van der Waals surface area contributed by atoms with Crippen molar-refractivity contribution in [1.29, 1.82) is 0 Å². The van der Waals surface area contributed by atoms with Crippen LogP contribution >= 0.6 is 0 Å². The van der Waals surface area contributed by atoms with Crippen molar-refractivity contribution >= 4 is 22.2 Å². The Kier molecular flexibility index (Phi) is 3.49. The van der Waals surface area contributed by atoms with Gasteiger partial charge < -0.3 is 4.55 Å². The van der Waals surface area contributed by atoms with Crippen molar-refractivity contribution in [3.05, 3.63) is 58.9 Å². The number of halogens is 3. The van der Waals surface area contributed by atoms with Gasteiger partial charge in [0, 0.05) is 24.7 Å². The molecule has 8 nitrogen and oxygen atoms in total. The molecular weight excluding hydrogens is 375 g/mol. The zero-order chi connectivity index (χ0) is 18.6. The lowest BCUT2D eigenvalue weighted by Crippen LogP contribution is -2.21. The maximum Gasteiger partial charge on any atom is 0.435 e. The van der Waals surface area contributed by atoms with Gasteiger partial charge in [0.25, 0.3) is 5.56 Å². The van der Waals surface area contributed by atoms with Gasteiger partial charge in [0.2, 0.25) is 0 Å². The number of imidazole rings is 1. The van der Waals surface area contributed by atoms with Crippen LogP contribution in [0.3, 0.4) is 0 Å². The maximum atomic E-state index is 12.8. The highest BCUT2D eigenvalue weighted by Crippen LogP contribution is 2.28. The highest BCUT2D eigenvalue weighted by molar-refractivity contribution is 7.79. The van der Waals surface area contributed by atoms with Crippen molar-refractivity contribution < 1.29 is 21.9 Å². The van der Waals surface area contributed by atoms with Crippen LogP contribution in [0.15, 0.2) is 52.7 Å². The first-order valence-corrected chi connectivity index (χ1v) is 8.10. The van der Waals surface area contributed by atoms with Crippen LogP contribution in [0.5, 0.6) is 0 Å². The average Bonchev–Trinajstić information content (AvgIpc) is 3.16. The van der Waals surface area contributed by atoms with Crippen LogP contribution in [0.1, 0.15) is 5.69 Å². The fourth-order valence-corrected chi connectivity index (χ4v) is 3.17. The summed E-state index contributed by atoms with van der Waals surface area (Å²) in [7, 11) is 0. The van der Waals surface area contributed by atoms with Crippen molar-refractivity contribution in [2.45, 2.75) is 11.2 Å². The van der Waals surface area contributed by atoms with Crippen LogP contribution in [0, 0.1) is 0 Å². The van der Waals surface area contributed by atoms with E-state index in [2.05, 4.69) is 10.1 Å². The van der Waals surface area contributed by atoms with Crippen molar-refractivity contribution in [2.24, 2.45) is 0 Å². The molecule has 0 amide bonds. The zero-order valence-corrected chi connectivity index (χ0v) is 13.4. The van der Waals surface area contributed by atoms with Crippen molar-refractivity contribution in [3.63, 3.8) is 0 Å². The molecule has 12 heteroatoms. The zero-order valence-electron chi connectivity index (χ0n) is 12.5. The molecule has 0 saturated heterocycles. The number of aromatic nitrogens is 5. The van der Waals surface area contributed by atoms with Gasteiger partial charge in [-0.3, -0.25) is 18.0 Å². The Bertz CT molecular complexity index is 1240. The monoisotopic (exact) mass is 382 g/mol. The molecule has 0 bridgehead atoms. The molecule has 0 N–H and O–H groups in total. The Morgan fingerprint density at radius 2 is 1.92 bits per heavy atom. The first-order valence-electron chi connectivity index (χ1n) is 7.02. The highest BCUT2D eigenvalue weighted by atomic mass is 32.2. The molecule has 0 fully saturated rings. The summed E-state index contributed by atoms with van der Waals surface area (Å²) in [6.07, 6.45) is -1.04. The molecule has 0 aliphatic carbocycles. The van der Waals surface area contributed by atoms with E-state index in [-0.39, 0.29) is 22.0 Å². The van der Waals surface area contributed by atoms with E-state index in [4.69, 9.17) is 0 Å². The fourth-order valence-electron chi connectivity index (χ4n) is 2.57. The van der Waals surface area contributed by atoms with Gasteiger partial charge in [0.05, 0.1) is 0 Å². The SMILES string of the molecule is O=c1c2cc(C(F)(F)F)nn2ccn1-c1nc2ccccn2c1S(=O)[O-]. The second-order valence-electron chi connectivity index (χ2n) is 5.23. The number of rotatable bonds is 2. The summed E-state index contributed by atoms with van der Waals surface area (Å²) >= 11 is -2.75. The number of alkyl halides is 3. The molecule has 0 spiro atoms. The maximum absolute atomic E-state index is 12.8. The lowest BCUT2D eigenvalue weighted by Gasteiger charge is -2.09. The Balaban J connectivity index is 2.02. The molecule has 26 heavy (non-hydrogen) atoms. The molecule has 0 aliphatic rings. The Hall–Kier alpha value is -2.99. The predicted octanol–water partition coefficient (Wildman–Crippen LogP) is 1.39. The number of nitrogens with zero attached hydrogens (tertiary/aromatic N) is 5. The summed E-state index contributed by atoms with van der Waals surface area (Å²) < 4.78 is 64.6. The average molecular weight is 382 g/mol. The summed E-state index contributed by atoms with van der Waals surface area (Å²) in [4.78, 5) is 16.7. The molecule has 0 aliphatic heterocycles. The molecule has 4 rings (SSSR count). The molecule has 0 saturated carbocycles. The largest absolute Gasteiger partial charge is 0.767 e. The lowest BCUT2D eigenvalue weighted by molar-refractivity contribution is -0.141. The van der Waals surface area contributed by atoms with E-state index < -0.39 is 28.5 Å². The Labute approximate surface area is 144 Å². The van der Waals surface area contributed by atoms with Crippen LogP contribution in [0.4, 0.5) is 13.2 Å². The summed E-state index contributed by atoms with van der Waals surface area (Å²) in [6, 6.07) is 5.34. The third kappa shape index (κ3) is 2.42. The summed E-state index contributed by atoms with van der Waals surface area (Å²) in [5.74, 6) is -0.216. The van der Waals surface area contributed by atoms with Gasteiger partial charge in [-0.05, 0) is 23.2 Å². The van der Waals surface area contributed by atoms with Gasteiger partial charge in [-0.1, -0.05) is 6.07 Å². The number of hydrogen-bond acceptors (Lipinski definition) is 5. The Morgan fingerprint density at radius 1 is 1.15 bits per heavy atom. The number of hydrogen-bond donors (Lipinski definition) is 0. The molecular formula is C14H7F3N5O3S-. The van der Waals surface area contributed by atoms with Crippen molar-refractivity contribution in [2.75, 3.05) is 0 Å². The summed E-state index contributed by atoms with van der Waals surface area (Å²) in [5, 5.41) is 3.02. The van der Waals surface area contributed by atoms with Gasteiger partial charge in [-0.2, -0.15) is 18.3 Å². The summed E-state index contributed by atoms with van der Waals surface area (Å²) in [6.45, 7) is 0. The minimum absolute atomic E-state index is 0.216. The quantitative estimate of drug-likeness (QED) is 0.488. The normalized spacial score (nSPS) is 13.5. The van der Waals surface area contributed by atoms with E-state index in [0.717, 1.165) is 21.5 Å². The van der Waals surface area contributed by atoms with Gasteiger partial charge in [-0.15, -0.1) is 0 Å². The second-order valence-corrected chi connectivity index (χ2v) is 6.09. The van der Waals surface area contributed by atoms with Crippen LogP contribution < -0.4 is 5.56 Å². The van der Waals surface area contributed by atoms with Crippen LogP contribution in [-0.4, -0.2) is 32.3 Å². The minimum Gasteiger partial charge on any atom is -0.767 e. The third-order valence-corrected chi connectivity index (χ3v) is 4.37. The smallest absolute Gasteiger partial charge is 0.435 e. The van der Waals surface area contributed by atoms with E-state index in [0.29, 0.717) is 6.07 Å². The molecule has 0 aromatic carbocycles. The van der Waals surface area contributed by atoms with Gasteiger partial charge in [0.15, 0.2) is 11.5 Å². The molecule has 134 valence electrons. The van der Waals surface area contributed by atoms with E-state index in [9.17, 15) is 26.7 Å². The van der Waals surface area contributed by atoms with Crippen molar-refractivity contribution in [3.8, 4) is 5.82 Å². The minimum atomic E-state index is -4.71.